The van der Waals surface area contributed by atoms with Crippen LogP contribution in [0.2, 0.25) is 0 Å². The minimum Gasteiger partial charge on any atom is -0.488 e. The summed E-state index contributed by atoms with van der Waals surface area (Å²) in [5, 5.41) is 2.22. The number of hydrogen-bond acceptors (Lipinski definition) is 6. The highest BCUT2D eigenvalue weighted by molar-refractivity contribution is 6.24. The molecule has 8 heteroatoms. The van der Waals surface area contributed by atoms with Crippen molar-refractivity contribution in [2.75, 3.05) is 6.54 Å². The zero-order valence-corrected chi connectivity index (χ0v) is 20.8. The average molecular weight is 510 g/mol. The van der Waals surface area contributed by atoms with Crippen molar-refractivity contribution in [3.63, 3.8) is 0 Å². The Morgan fingerprint density at radius 3 is 2.47 bits per heavy atom. The number of nitrogens with zero attached hydrogens (tertiary/aromatic N) is 2. The first kappa shape index (κ1) is 24.1. The molecule has 0 bridgehead atoms. The lowest BCUT2D eigenvalue weighted by atomic mass is 9.99. The van der Waals surface area contributed by atoms with E-state index in [1.807, 2.05) is 12.1 Å². The number of benzene rings is 3. The largest absolute Gasteiger partial charge is 0.488 e. The van der Waals surface area contributed by atoms with Crippen LogP contribution >= 0.6 is 0 Å². The van der Waals surface area contributed by atoms with Crippen LogP contribution in [0.3, 0.4) is 0 Å². The first-order chi connectivity index (χ1) is 18.5. The first-order valence-electron chi connectivity index (χ1n) is 12.8. The summed E-state index contributed by atoms with van der Waals surface area (Å²) < 4.78 is 6.06. The third kappa shape index (κ3) is 4.48. The summed E-state index contributed by atoms with van der Waals surface area (Å²) in [4.78, 5) is 53.6. The van der Waals surface area contributed by atoms with Crippen LogP contribution in [0.25, 0.3) is 0 Å². The lowest BCUT2D eigenvalue weighted by Crippen LogP contribution is -2.54. The van der Waals surface area contributed by atoms with Crippen LogP contribution in [0.4, 0.5) is 0 Å². The van der Waals surface area contributed by atoms with Crippen molar-refractivity contribution in [1.29, 1.82) is 0 Å². The fourth-order valence-corrected chi connectivity index (χ4v) is 5.53. The predicted molar refractivity (Wildman–Crippen MR) is 138 cm³/mol. The molecule has 3 aromatic carbocycles. The maximum absolute atomic E-state index is 13.3. The second kappa shape index (κ2) is 9.87. The van der Waals surface area contributed by atoms with E-state index in [0.717, 1.165) is 36.5 Å². The van der Waals surface area contributed by atoms with E-state index in [1.165, 1.54) is 16.7 Å². The molecule has 1 saturated heterocycles. The highest BCUT2D eigenvalue weighted by atomic mass is 16.5. The summed E-state index contributed by atoms with van der Waals surface area (Å²) in [6.07, 6.45) is 1.23. The molecule has 3 heterocycles. The van der Waals surface area contributed by atoms with Gasteiger partial charge in [-0.1, -0.05) is 54.6 Å². The number of carbonyl (C=O) groups excluding carboxylic acids is 4. The number of nitrogens with one attached hydrogen (secondary N) is 1. The van der Waals surface area contributed by atoms with E-state index in [0.29, 0.717) is 5.75 Å². The van der Waals surface area contributed by atoms with Gasteiger partial charge in [-0.15, -0.1) is 0 Å². The molecule has 0 aromatic heterocycles. The number of fused-ring (bicyclic) bond motifs is 2. The predicted octanol–water partition coefficient (Wildman–Crippen LogP) is 3.23. The average Bonchev–Trinajstić information content (AvgIpc) is 3.18. The number of rotatable bonds is 6. The van der Waals surface area contributed by atoms with Gasteiger partial charge in [0.25, 0.3) is 11.8 Å². The zero-order valence-electron chi connectivity index (χ0n) is 20.8. The van der Waals surface area contributed by atoms with Crippen molar-refractivity contribution in [2.45, 2.75) is 45.0 Å². The highest BCUT2D eigenvalue weighted by Crippen LogP contribution is 2.34. The van der Waals surface area contributed by atoms with E-state index in [-0.39, 0.29) is 30.6 Å². The summed E-state index contributed by atoms with van der Waals surface area (Å²) >= 11 is 0. The highest BCUT2D eigenvalue weighted by Gasteiger charge is 2.46. The van der Waals surface area contributed by atoms with Crippen LogP contribution in [0.15, 0.2) is 66.7 Å². The molecule has 6 rings (SSSR count). The number of piperidine rings is 1. The van der Waals surface area contributed by atoms with Crippen molar-refractivity contribution < 1.29 is 23.9 Å². The molecule has 3 aliphatic heterocycles. The van der Waals surface area contributed by atoms with Crippen molar-refractivity contribution in [3.8, 4) is 5.75 Å². The zero-order chi connectivity index (χ0) is 26.2. The Morgan fingerprint density at radius 2 is 1.63 bits per heavy atom. The molecule has 1 N–H and O–H groups in total. The quantitative estimate of drug-likeness (QED) is 0.513. The van der Waals surface area contributed by atoms with Gasteiger partial charge in [-0.25, -0.2) is 0 Å². The van der Waals surface area contributed by atoms with Crippen LogP contribution in [-0.2, 0) is 35.7 Å². The molecule has 1 unspecified atom stereocenters. The van der Waals surface area contributed by atoms with Crippen LogP contribution < -0.4 is 10.1 Å². The van der Waals surface area contributed by atoms with Gasteiger partial charge < -0.3 is 4.74 Å². The minimum absolute atomic E-state index is 0.0768. The molecular weight excluding hydrogens is 482 g/mol. The molecule has 0 saturated carbocycles. The summed E-state index contributed by atoms with van der Waals surface area (Å²) in [6.45, 7) is 2.99. The Balaban J connectivity index is 1.15. The maximum Gasteiger partial charge on any atom is 0.266 e. The number of imide groups is 2. The van der Waals surface area contributed by atoms with Crippen molar-refractivity contribution in [3.05, 3.63) is 100 Å². The van der Waals surface area contributed by atoms with E-state index < -0.39 is 29.7 Å². The normalized spacial score (nSPS) is 19.3. The molecule has 4 amide bonds. The molecule has 192 valence electrons. The number of amides is 4. The first-order valence-corrected chi connectivity index (χ1v) is 12.8. The third-order valence-corrected chi connectivity index (χ3v) is 7.43. The van der Waals surface area contributed by atoms with Gasteiger partial charge >= 0.3 is 0 Å². The smallest absolute Gasteiger partial charge is 0.266 e. The van der Waals surface area contributed by atoms with Gasteiger partial charge in [0.1, 0.15) is 18.4 Å². The summed E-state index contributed by atoms with van der Waals surface area (Å²) in [5.41, 5.74) is 5.30. The number of carbonyl (C=O) groups is 4. The molecule has 1 fully saturated rings. The molecule has 0 aliphatic carbocycles. The van der Waals surface area contributed by atoms with Crippen LogP contribution in [0, 0.1) is 0 Å². The van der Waals surface area contributed by atoms with Gasteiger partial charge in [0.15, 0.2) is 0 Å². The van der Waals surface area contributed by atoms with Crippen LogP contribution in [0.5, 0.6) is 5.75 Å². The fraction of sp³-hybridized carbons (Fsp3) is 0.267. The van der Waals surface area contributed by atoms with Gasteiger partial charge in [-0.3, -0.25) is 34.3 Å². The molecule has 0 radical (unpaired) electrons. The second-order valence-corrected chi connectivity index (χ2v) is 9.96. The monoisotopic (exact) mass is 509 g/mol. The van der Waals surface area contributed by atoms with Gasteiger partial charge in [-0.05, 0) is 47.2 Å². The standard InChI is InChI=1S/C30H27N3O5/c34-26-12-11-24(28(35)31-26)33-29(36)23-9-4-10-25(27(23)30(33)37)38-18-20-6-3-5-19(15-20)16-32-14-13-21-7-1-2-8-22(21)17-32/h1-10,15,24H,11-14,16-18H2,(H,31,34,35). The van der Waals surface area contributed by atoms with Crippen LogP contribution in [0.1, 0.15) is 55.8 Å². The van der Waals surface area contributed by atoms with Gasteiger partial charge in [-0.2, -0.15) is 0 Å². The van der Waals surface area contributed by atoms with E-state index in [2.05, 4.69) is 46.6 Å². The SMILES string of the molecule is O=C1CCC(N2C(=O)c3cccc(OCc4cccc(CN5CCc6ccccc6C5)c4)c3C2=O)C(=O)N1. The van der Waals surface area contributed by atoms with Crippen molar-refractivity contribution in [1.82, 2.24) is 15.1 Å². The molecule has 38 heavy (non-hydrogen) atoms. The summed E-state index contributed by atoms with van der Waals surface area (Å²) in [6, 6.07) is 20.6. The van der Waals surface area contributed by atoms with E-state index in [4.69, 9.17) is 4.74 Å². The van der Waals surface area contributed by atoms with E-state index in [9.17, 15) is 19.2 Å². The Kier molecular flexibility index (Phi) is 6.25. The number of hydrogen-bond donors (Lipinski definition) is 1. The fourth-order valence-electron chi connectivity index (χ4n) is 5.53. The van der Waals surface area contributed by atoms with Gasteiger partial charge in [0, 0.05) is 26.1 Å². The van der Waals surface area contributed by atoms with Gasteiger partial charge in [0.2, 0.25) is 11.8 Å². The molecule has 0 spiro atoms. The van der Waals surface area contributed by atoms with E-state index in [1.54, 1.807) is 18.2 Å². The minimum atomic E-state index is -1.01. The lowest BCUT2D eigenvalue weighted by molar-refractivity contribution is -0.136. The summed E-state index contributed by atoms with van der Waals surface area (Å²) in [7, 11) is 0. The van der Waals surface area contributed by atoms with Crippen LogP contribution in [-0.4, -0.2) is 46.0 Å². The lowest BCUT2D eigenvalue weighted by Gasteiger charge is -2.28. The Hall–Kier alpha value is -4.30. The van der Waals surface area contributed by atoms with Crippen molar-refractivity contribution >= 4 is 23.6 Å². The Bertz CT molecular complexity index is 1470. The van der Waals surface area contributed by atoms with Crippen molar-refractivity contribution in [2.24, 2.45) is 0 Å². The molecular formula is C30H27N3O5. The molecule has 8 nitrogen and oxygen atoms in total. The Labute approximate surface area is 220 Å². The van der Waals surface area contributed by atoms with E-state index >= 15 is 0 Å². The maximum atomic E-state index is 13.3. The third-order valence-electron chi connectivity index (χ3n) is 7.43. The summed E-state index contributed by atoms with van der Waals surface area (Å²) in [5.74, 6) is -1.86. The number of ether oxygens (including phenoxy) is 1. The molecule has 3 aliphatic rings. The Morgan fingerprint density at radius 1 is 0.842 bits per heavy atom. The van der Waals surface area contributed by atoms with Gasteiger partial charge in [0.05, 0.1) is 11.1 Å². The topological polar surface area (TPSA) is 96.0 Å². The second-order valence-electron chi connectivity index (χ2n) is 9.96. The molecule has 3 aromatic rings. The molecule has 1 atom stereocenters.